The minimum atomic E-state index is -1.36. The second-order valence-electron chi connectivity index (χ2n) is 5.62. The first kappa shape index (κ1) is 27.8. The molecule has 1 aromatic rings. The number of hydrogen-bond acceptors (Lipinski definition) is 12. The molecule has 0 radical (unpaired) electrons. The van der Waals surface area contributed by atoms with Gasteiger partial charge in [0, 0.05) is 5.56 Å². The molecular formula is C18H26O14. The quantitative estimate of drug-likeness (QED) is 0.147. The van der Waals surface area contributed by atoms with E-state index < -0.39 is 25.5 Å². The summed E-state index contributed by atoms with van der Waals surface area (Å²) in [7, 11) is 0. The summed E-state index contributed by atoms with van der Waals surface area (Å²) in [6.07, 6.45) is 0. The van der Waals surface area contributed by atoms with Gasteiger partial charge in [-0.25, -0.2) is 9.59 Å². The van der Waals surface area contributed by atoms with Gasteiger partial charge in [-0.1, -0.05) is 6.07 Å². The van der Waals surface area contributed by atoms with Crippen LogP contribution < -0.4 is 0 Å². The summed E-state index contributed by atoms with van der Waals surface area (Å²) in [6.45, 7) is -2.87. The van der Waals surface area contributed by atoms with Crippen molar-refractivity contribution in [3.8, 4) is 0 Å². The van der Waals surface area contributed by atoms with Gasteiger partial charge in [-0.2, -0.15) is 0 Å². The zero-order chi connectivity index (χ0) is 23.6. The van der Waals surface area contributed by atoms with Crippen LogP contribution in [0.1, 0.15) is 31.8 Å². The summed E-state index contributed by atoms with van der Waals surface area (Å²) >= 11 is 0. The van der Waals surface area contributed by atoms with Gasteiger partial charge in [0.2, 0.25) is 0 Å². The Morgan fingerprint density at radius 3 is 1.56 bits per heavy atom. The van der Waals surface area contributed by atoms with Gasteiger partial charge < -0.3 is 58.3 Å². The van der Waals surface area contributed by atoms with Crippen LogP contribution in [0, 0.1) is 0 Å². The van der Waals surface area contributed by atoms with Gasteiger partial charge in [0.1, 0.15) is 27.2 Å². The maximum absolute atomic E-state index is 11.8. The zero-order valence-corrected chi connectivity index (χ0v) is 17.1. The Labute approximate surface area is 182 Å². The highest BCUT2D eigenvalue weighted by molar-refractivity contribution is 5.97. The molecule has 32 heavy (non-hydrogen) atoms. The average molecular weight is 466 g/mol. The van der Waals surface area contributed by atoms with E-state index >= 15 is 0 Å². The van der Waals surface area contributed by atoms with E-state index in [1.807, 2.05) is 0 Å². The van der Waals surface area contributed by atoms with Gasteiger partial charge in [-0.15, -0.1) is 0 Å². The number of ether oxygens (including phenoxy) is 8. The smallest absolute Gasteiger partial charge is 0.336 e. The number of aliphatic hydroxyl groups excluding tert-OH is 2. The third-order valence-corrected chi connectivity index (χ3v) is 3.53. The zero-order valence-electron chi connectivity index (χ0n) is 17.1. The van der Waals surface area contributed by atoms with Crippen molar-refractivity contribution in [2.75, 3.05) is 54.3 Å². The van der Waals surface area contributed by atoms with Gasteiger partial charge in [0.05, 0.1) is 24.3 Å². The van der Waals surface area contributed by atoms with Crippen molar-refractivity contribution >= 4 is 11.9 Å². The first-order valence-electron chi connectivity index (χ1n) is 8.97. The van der Waals surface area contributed by atoms with Crippen molar-refractivity contribution in [1.29, 1.82) is 0 Å². The van der Waals surface area contributed by atoms with Gasteiger partial charge in [-0.3, -0.25) is 0 Å². The molecular weight excluding hydrogens is 440 g/mol. The monoisotopic (exact) mass is 466 g/mol. The van der Waals surface area contributed by atoms with E-state index in [1.54, 1.807) is 0 Å². The van der Waals surface area contributed by atoms with Gasteiger partial charge in [0.15, 0.2) is 27.2 Å². The summed E-state index contributed by atoms with van der Waals surface area (Å²) in [5, 5.41) is 35.9. The molecule has 0 saturated heterocycles. The molecule has 0 aliphatic heterocycles. The lowest BCUT2D eigenvalue weighted by Crippen LogP contribution is -2.16. The number of benzene rings is 1. The first-order chi connectivity index (χ1) is 15.5. The normalized spacial score (nSPS) is 11.1. The van der Waals surface area contributed by atoms with E-state index in [9.17, 15) is 19.8 Å². The summed E-state index contributed by atoms with van der Waals surface area (Å²) in [5.74, 6) is -2.68. The van der Waals surface area contributed by atoms with Crippen molar-refractivity contribution < 1.29 is 67.9 Å². The highest BCUT2D eigenvalue weighted by atomic mass is 16.8. The summed E-state index contributed by atoms with van der Waals surface area (Å²) in [4.78, 5) is 23.3. The molecule has 0 spiro atoms. The predicted molar refractivity (Wildman–Crippen MR) is 99.8 cm³/mol. The van der Waals surface area contributed by atoms with Crippen molar-refractivity contribution in [3.05, 3.63) is 34.4 Å². The fourth-order valence-electron chi connectivity index (χ4n) is 2.29. The van der Waals surface area contributed by atoms with Crippen LogP contribution in [0.5, 0.6) is 0 Å². The summed E-state index contributed by atoms with van der Waals surface area (Å²) in [6, 6.07) is 2.58. The minimum Gasteiger partial charge on any atom is -0.478 e. The Bertz CT molecular complexity index is 680. The first-order valence-corrected chi connectivity index (χ1v) is 8.97. The average Bonchev–Trinajstić information content (AvgIpc) is 2.76. The van der Waals surface area contributed by atoms with E-state index in [-0.39, 0.29) is 76.2 Å². The molecule has 0 heterocycles. The lowest BCUT2D eigenvalue weighted by molar-refractivity contribution is -0.186. The van der Waals surface area contributed by atoms with Crippen LogP contribution in [-0.2, 0) is 51.1 Å². The Morgan fingerprint density at radius 2 is 1.09 bits per heavy atom. The number of carboxylic acids is 2. The Morgan fingerprint density at radius 1 is 0.625 bits per heavy atom. The second-order valence-corrected chi connectivity index (χ2v) is 5.62. The van der Waals surface area contributed by atoms with Crippen LogP contribution in [0.25, 0.3) is 0 Å². The van der Waals surface area contributed by atoms with E-state index in [0.717, 1.165) is 0 Å². The van der Waals surface area contributed by atoms with Crippen LogP contribution in [0.3, 0.4) is 0 Å². The molecule has 0 aliphatic carbocycles. The van der Waals surface area contributed by atoms with E-state index in [4.69, 9.17) is 38.6 Å². The highest BCUT2D eigenvalue weighted by Crippen LogP contribution is 2.22. The lowest BCUT2D eigenvalue weighted by atomic mass is 9.96. The third kappa shape index (κ3) is 10.9. The molecule has 0 amide bonds. The van der Waals surface area contributed by atoms with Gasteiger partial charge >= 0.3 is 11.9 Å². The van der Waals surface area contributed by atoms with Crippen LogP contribution in [0.15, 0.2) is 12.1 Å². The molecule has 0 unspecified atom stereocenters. The van der Waals surface area contributed by atoms with Crippen LogP contribution >= 0.6 is 0 Å². The summed E-state index contributed by atoms with van der Waals surface area (Å²) < 4.78 is 39.2. The van der Waals surface area contributed by atoms with Crippen LogP contribution in [-0.4, -0.2) is 86.7 Å². The number of carboxylic acid groups (broad SMARTS) is 2. The largest absolute Gasteiger partial charge is 0.478 e. The molecule has 0 saturated carbocycles. The highest BCUT2D eigenvalue weighted by Gasteiger charge is 2.22. The van der Waals surface area contributed by atoms with Crippen molar-refractivity contribution in [1.82, 2.24) is 0 Å². The van der Waals surface area contributed by atoms with Gasteiger partial charge in [-0.05, 0) is 11.6 Å². The Balaban J connectivity index is 2.65. The number of carbonyl (C=O) groups is 2. The molecule has 0 fully saturated rings. The molecule has 0 bridgehead atoms. The van der Waals surface area contributed by atoms with Crippen molar-refractivity contribution in [2.45, 2.75) is 13.2 Å². The Kier molecular flexibility index (Phi) is 15.1. The molecule has 14 heteroatoms. The van der Waals surface area contributed by atoms with Gasteiger partial charge in [0.25, 0.3) is 0 Å². The number of rotatable bonds is 20. The molecule has 1 aromatic carbocycles. The van der Waals surface area contributed by atoms with E-state index in [1.165, 1.54) is 12.1 Å². The maximum atomic E-state index is 11.8. The number of aromatic carboxylic acids is 2. The molecule has 0 aliphatic rings. The van der Waals surface area contributed by atoms with Crippen LogP contribution in [0.4, 0.5) is 0 Å². The van der Waals surface area contributed by atoms with E-state index in [0.29, 0.717) is 0 Å². The SMILES string of the molecule is O=C(O)c1ccc(COCOCOCOCO)c(C(=O)O)c1COCOCOCOCO. The molecule has 0 aromatic heterocycles. The van der Waals surface area contributed by atoms with Crippen molar-refractivity contribution in [2.24, 2.45) is 0 Å². The standard InChI is InChI=1S/C18H26O14/c19-5-27-9-31-11-29-7-25-3-13-1-2-14(17(21)22)15(16(13)18(23)24)4-26-8-30-12-32-10-28-6-20/h1-2,19-20H,3-12H2,(H,21,22)(H,23,24). The second kappa shape index (κ2) is 17.3. The number of aliphatic hydroxyl groups is 2. The predicted octanol–water partition coefficient (Wildman–Crippen LogP) is -0.140. The minimum absolute atomic E-state index is 0.0652. The topological polar surface area (TPSA) is 189 Å². The molecule has 182 valence electrons. The maximum Gasteiger partial charge on any atom is 0.336 e. The third-order valence-electron chi connectivity index (χ3n) is 3.53. The fraction of sp³-hybridized carbons (Fsp3) is 0.556. The summed E-state index contributed by atoms with van der Waals surface area (Å²) in [5.41, 5.74) is -0.373. The van der Waals surface area contributed by atoms with Crippen LogP contribution in [0.2, 0.25) is 0 Å². The van der Waals surface area contributed by atoms with E-state index in [2.05, 4.69) is 9.47 Å². The Hall–Kier alpha value is -2.24. The molecule has 4 N–H and O–H groups in total. The molecule has 0 atom stereocenters. The number of hydrogen-bond donors (Lipinski definition) is 4. The fourth-order valence-corrected chi connectivity index (χ4v) is 2.29. The molecule has 1 rings (SSSR count). The van der Waals surface area contributed by atoms with Crippen molar-refractivity contribution in [3.63, 3.8) is 0 Å². The molecule has 14 nitrogen and oxygen atoms in total. The lowest BCUT2D eigenvalue weighted by Gasteiger charge is -2.15.